The SMILES string of the molecule is O=C1c2ccccc2CC1N1CCC(c2ccc(Oc3ccccc3)cc2)CC1. The van der Waals surface area contributed by atoms with E-state index in [1.165, 1.54) is 11.1 Å². The van der Waals surface area contributed by atoms with Gasteiger partial charge in [0, 0.05) is 5.56 Å². The third kappa shape index (κ3) is 3.70. The molecule has 0 amide bonds. The smallest absolute Gasteiger partial charge is 0.180 e. The first-order valence-corrected chi connectivity index (χ1v) is 10.5. The van der Waals surface area contributed by atoms with Crippen LogP contribution in [0.3, 0.4) is 0 Å². The number of likely N-dealkylation sites (tertiary alicyclic amines) is 1. The van der Waals surface area contributed by atoms with Gasteiger partial charge in [0.05, 0.1) is 6.04 Å². The van der Waals surface area contributed by atoms with E-state index >= 15 is 0 Å². The number of hydrogen-bond acceptors (Lipinski definition) is 3. The molecule has 29 heavy (non-hydrogen) atoms. The van der Waals surface area contributed by atoms with Crippen molar-refractivity contribution in [3.63, 3.8) is 0 Å². The molecule has 3 heteroatoms. The summed E-state index contributed by atoms with van der Waals surface area (Å²) in [7, 11) is 0. The minimum atomic E-state index is 0.0370. The minimum Gasteiger partial charge on any atom is -0.457 e. The summed E-state index contributed by atoms with van der Waals surface area (Å²) in [5.74, 6) is 2.58. The van der Waals surface area contributed by atoms with Crippen LogP contribution >= 0.6 is 0 Å². The van der Waals surface area contributed by atoms with Crippen molar-refractivity contribution < 1.29 is 9.53 Å². The number of ether oxygens (including phenoxy) is 1. The Labute approximate surface area is 171 Å². The van der Waals surface area contributed by atoms with E-state index in [0.29, 0.717) is 11.7 Å². The lowest BCUT2D eigenvalue weighted by atomic mass is 9.88. The summed E-state index contributed by atoms with van der Waals surface area (Å²) in [6, 6.07) is 26.5. The molecule has 3 nitrogen and oxygen atoms in total. The second-order valence-corrected chi connectivity index (χ2v) is 8.04. The number of Topliss-reactive ketones (excluding diaryl/α,β-unsaturated/α-hetero) is 1. The van der Waals surface area contributed by atoms with Crippen LogP contribution in [0.1, 0.15) is 40.2 Å². The highest BCUT2D eigenvalue weighted by Gasteiger charge is 2.36. The fraction of sp³-hybridized carbons (Fsp3) is 0.269. The molecule has 0 N–H and O–H groups in total. The van der Waals surface area contributed by atoms with Crippen LogP contribution in [0.25, 0.3) is 0 Å². The average molecular weight is 383 g/mol. The summed E-state index contributed by atoms with van der Waals surface area (Å²) >= 11 is 0. The normalized spacial score (nSPS) is 19.9. The first kappa shape index (κ1) is 18.1. The van der Waals surface area contributed by atoms with Crippen LogP contribution in [0.4, 0.5) is 0 Å². The quantitative estimate of drug-likeness (QED) is 0.599. The second kappa shape index (κ2) is 7.84. The van der Waals surface area contributed by atoms with Crippen LogP contribution in [0.5, 0.6) is 11.5 Å². The van der Waals surface area contributed by atoms with Gasteiger partial charge < -0.3 is 4.74 Å². The number of hydrogen-bond donors (Lipinski definition) is 0. The van der Waals surface area contributed by atoms with E-state index in [1.807, 2.05) is 48.5 Å². The summed E-state index contributed by atoms with van der Waals surface area (Å²) in [5, 5.41) is 0. The number of carbonyl (C=O) groups is 1. The van der Waals surface area contributed by atoms with Gasteiger partial charge in [-0.25, -0.2) is 0 Å². The van der Waals surface area contributed by atoms with Gasteiger partial charge in [0.2, 0.25) is 0 Å². The number of fused-ring (bicyclic) bond motifs is 1. The molecule has 0 radical (unpaired) electrons. The monoisotopic (exact) mass is 383 g/mol. The molecule has 0 bridgehead atoms. The molecule has 3 aromatic carbocycles. The summed E-state index contributed by atoms with van der Waals surface area (Å²) < 4.78 is 5.90. The Kier molecular flexibility index (Phi) is 4.91. The molecular formula is C26H25NO2. The lowest BCUT2D eigenvalue weighted by molar-refractivity contribution is 0.0798. The van der Waals surface area contributed by atoms with Gasteiger partial charge in [-0.15, -0.1) is 0 Å². The van der Waals surface area contributed by atoms with E-state index in [9.17, 15) is 4.79 Å². The van der Waals surface area contributed by atoms with Crippen molar-refractivity contribution >= 4 is 5.78 Å². The maximum atomic E-state index is 12.8. The molecule has 3 aromatic rings. The highest BCUT2D eigenvalue weighted by atomic mass is 16.5. The van der Waals surface area contributed by atoms with E-state index < -0.39 is 0 Å². The molecule has 1 unspecified atom stereocenters. The fourth-order valence-corrected chi connectivity index (χ4v) is 4.69. The van der Waals surface area contributed by atoms with Crippen molar-refractivity contribution in [1.82, 2.24) is 4.90 Å². The Hall–Kier alpha value is -2.91. The van der Waals surface area contributed by atoms with Gasteiger partial charge >= 0.3 is 0 Å². The van der Waals surface area contributed by atoms with Crippen molar-refractivity contribution in [2.24, 2.45) is 0 Å². The number of piperidine rings is 1. The molecule has 2 aliphatic rings. The molecule has 1 fully saturated rings. The molecule has 1 aliphatic heterocycles. The number of nitrogens with zero attached hydrogens (tertiary/aromatic N) is 1. The molecule has 0 aromatic heterocycles. The van der Waals surface area contributed by atoms with Crippen LogP contribution in [0.15, 0.2) is 78.9 Å². The van der Waals surface area contributed by atoms with Crippen LogP contribution in [0, 0.1) is 0 Å². The molecular weight excluding hydrogens is 358 g/mol. The highest BCUT2D eigenvalue weighted by Crippen LogP contribution is 2.33. The maximum absolute atomic E-state index is 12.8. The van der Waals surface area contributed by atoms with Gasteiger partial charge in [-0.3, -0.25) is 9.69 Å². The number of rotatable bonds is 4. The maximum Gasteiger partial charge on any atom is 0.180 e. The van der Waals surface area contributed by atoms with E-state index in [0.717, 1.165) is 49.4 Å². The zero-order valence-electron chi connectivity index (χ0n) is 16.5. The number of para-hydroxylation sites is 1. The molecule has 1 aliphatic carbocycles. The van der Waals surface area contributed by atoms with Crippen molar-refractivity contribution in [3.8, 4) is 11.5 Å². The Balaban J connectivity index is 1.20. The van der Waals surface area contributed by atoms with Crippen LogP contribution in [-0.4, -0.2) is 29.8 Å². The summed E-state index contributed by atoms with van der Waals surface area (Å²) in [6.07, 6.45) is 3.06. The zero-order valence-corrected chi connectivity index (χ0v) is 16.5. The zero-order chi connectivity index (χ0) is 19.6. The second-order valence-electron chi connectivity index (χ2n) is 8.04. The largest absolute Gasteiger partial charge is 0.457 e. The lowest BCUT2D eigenvalue weighted by Crippen LogP contribution is -2.44. The first-order valence-electron chi connectivity index (χ1n) is 10.5. The Morgan fingerprint density at radius 2 is 1.41 bits per heavy atom. The summed E-state index contributed by atoms with van der Waals surface area (Å²) in [6.45, 7) is 1.97. The van der Waals surface area contributed by atoms with Crippen molar-refractivity contribution in [2.45, 2.75) is 31.2 Å². The topological polar surface area (TPSA) is 29.5 Å². The predicted molar refractivity (Wildman–Crippen MR) is 115 cm³/mol. The molecule has 5 rings (SSSR count). The van der Waals surface area contributed by atoms with E-state index in [4.69, 9.17) is 4.74 Å². The van der Waals surface area contributed by atoms with Crippen LogP contribution in [0.2, 0.25) is 0 Å². The Bertz CT molecular complexity index is 989. The van der Waals surface area contributed by atoms with Gasteiger partial charge in [0.1, 0.15) is 11.5 Å². The fourth-order valence-electron chi connectivity index (χ4n) is 4.69. The molecule has 0 saturated carbocycles. The van der Waals surface area contributed by atoms with E-state index in [1.54, 1.807) is 0 Å². The third-order valence-corrected chi connectivity index (χ3v) is 6.30. The lowest BCUT2D eigenvalue weighted by Gasteiger charge is -2.35. The van der Waals surface area contributed by atoms with Crippen molar-refractivity contribution in [1.29, 1.82) is 0 Å². The van der Waals surface area contributed by atoms with Crippen molar-refractivity contribution in [3.05, 3.63) is 95.6 Å². The third-order valence-electron chi connectivity index (χ3n) is 6.30. The average Bonchev–Trinajstić information content (AvgIpc) is 3.12. The summed E-state index contributed by atoms with van der Waals surface area (Å²) in [4.78, 5) is 15.2. The van der Waals surface area contributed by atoms with E-state index in [-0.39, 0.29) is 6.04 Å². The molecule has 1 heterocycles. The van der Waals surface area contributed by atoms with Gasteiger partial charge in [-0.1, -0.05) is 54.6 Å². The Morgan fingerprint density at radius 3 is 2.14 bits per heavy atom. The number of carbonyl (C=O) groups excluding carboxylic acids is 1. The minimum absolute atomic E-state index is 0.0370. The van der Waals surface area contributed by atoms with Crippen LogP contribution < -0.4 is 4.74 Å². The van der Waals surface area contributed by atoms with E-state index in [2.05, 4.69) is 35.2 Å². The van der Waals surface area contributed by atoms with Gasteiger partial charge in [-0.2, -0.15) is 0 Å². The predicted octanol–water partition coefficient (Wildman–Crippen LogP) is 5.47. The molecule has 146 valence electrons. The molecule has 1 atom stereocenters. The van der Waals surface area contributed by atoms with Crippen molar-refractivity contribution in [2.75, 3.05) is 13.1 Å². The van der Waals surface area contributed by atoms with Crippen LogP contribution in [-0.2, 0) is 6.42 Å². The van der Waals surface area contributed by atoms with Gasteiger partial charge in [0.15, 0.2) is 5.78 Å². The highest BCUT2D eigenvalue weighted by molar-refractivity contribution is 6.04. The molecule has 0 spiro atoms. The summed E-state index contributed by atoms with van der Waals surface area (Å²) in [5.41, 5.74) is 3.50. The standard InChI is InChI=1S/C26H25NO2/c28-26-24-9-5-4-6-21(24)18-25(26)27-16-14-20(15-17-27)19-10-12-23(13-11-19)29-22-7-2-1-3-8-22/h1-13,20,25H,14-18H2. The van der Waals surface area contributed by atoms with Gasteiger partial charge in [-0.05, 0) is 73.7 Å². The molecule has 1 saturated heterocycles. The number of ketones is 1. The Morgan fingerprint density at radius 1 is 0.759 bits per heavy atom. The van der Waals surface area contributed by atoms with Gasteiger partial charge in [0.25, 0.3) is 0 Å². The first-order chi connectivity index (χ1) is 14.3. The number of benzene rings is 3.